The summed E-state index contributed by atoms with van der Waals surface area (Å²) in [5, 5.41) is 15.0. The number of anilines is 1. The maximum atomic E-state index is 10.9. The molecule has 2 atom stereocenters. The summed E-state index contributed by atoms with van der Waals surface area (Å²) in [6, 6.07) is 5.22. The maximum Gasteiger partial charge on any atom is 0.275 e. The van der Waals surface area contributed by atoms with Crippen molar-refractivity contribution in [3.05, 3.63) is 28.3 Å². The average Bonchev–Trinajstić information content (AvgIpc) is 2.86. The van der Waals surface area contributed by atoms with Crippen LogP contribution in [0.25, 0.3) is 0 Å². The average molecular weight is 296 g/mol. The minimum atomic E-state index is -0.391. The highest BCUT2D eigenvalue weighted by molar-refractivity contribution is 7.99. The number of rotatable bonds is 6. The van der Waals surface area contributed by atoms with Gasteiger partial charge in [-0.1, -0.05) is 6.92 Å². The third-order valence-electron chi connectivity index (χ3n) is 3.50. The van der Waals surface area contributed by atoms with Gasteiger partial charge in [0.2, 0.25) is 0 Å². The number of hydrogen-bond donors (Lipinski definition) is 1. The molecule has 0 radical (unpaired) electrons. The predicted molar refractivity (Wildman–Crippen MR) is 82.8 cm³/mol. The molecule has 0 aliphatic heterocycles. The number of nitrogens with one attached hydrogen (secondary N) is 1. The van der Waals surface area contributed by atoms with Crippen molar-refractivity contribution >= 4 is 23.1 Å². The molecule has 1 fully saturated rings. The number of nitro groups is 1. The highest BCUT2D eigenvalue weighted by atomic mass is 32.2. The summed E-state index contributed by atoms with van der Waals surface area (Å²) in [6.07, 6.45) is 3.44. The zero-order chi connectivity index (χ0) is 14.5. The molecule has 1 saturated carbocycles. The first-order valence-electron chi connectivity index (χ1n) is 6.84. The molecule has 0 bridgehead atoms. The van der Waals surface area contributed by atoms with Crippen molar-refractivity contribution < 1.29 is 9.66 Å². The topological polar surface area (TPSA) is 64.4 Å². The van der Waals surface area contributed by atoms with E-state index in [2.05, 4.69) is 12.2 Å². The molecule has 1 aromatic rings. The second-order valence-electron chi connectivity index (χ2n) is 4.91. The van der Waals surface area contributed by atoms with E-state index in [0.717, 1.165) is 24.3 Å². The number of nitrogens with zero attached hydrogens (tertiary/aromatic N) is 1. The molecule has 1 N–H and O–H groups in total. The van der Waals surface area contributed by atoms with E-state index in [-0.39, 0.29) is 5.69 Å². The van der Waals surface area contributed by atoms with Gasteiger partial charge in [-0.25, -0.2) is 0 Å². The van der Waals surface area contributed by atoms with E-state index >= 15 is 0 Å². The normalized spacial score (nSPS) is 21.7. The van der Waals surface area contributed by atoms with Crippen LogP contribution in [0, 0.1) is 10.1 Å². The molecule has 0 amide bonds. The van der Waals surface area contributed by atoms with Gasteiger partial charge in [0.05, 0.1) is 18.1 Å². The summed E-state index contributed by atoms with van der Waals surface area (Å²) in [4.78, 5) is 10.5. The predicted octanol–water partition coefficient (Wildman–Crippen LogP) is 3.69. The van der Waals surface area contributed by atoms with E-state index in [1.165, 1.54) is 19.6 Å². The highest BCUT2D eigenvalue weighted by Gasteiger charge is 2.24. The summed E-state index contributed by atoms with van der Waals surface area (Å²) in [7, 11) is 1.52. The number of non-ortho nitro benzene ring substituents is 1. The van der Waals surface area contributed by atoms with Gasteiger partial charge in [-0.05, 0) is 25.0 Å². The number of ether oxygens (including phenoxy) is 1. The van der Waals surface area contributed by atoms with E-state index in [4.69, 9.17) is 4.74 Å². The Morgan fingerprint density at radius 1 is 1.45 bits per heavy atom. The molecule has 0 heterocycles. The highest BCUT2D eigenvalue weighted by Crippen LogP contribution is 2.33. The molecule has 0 aromatic heterocycles. The molecule has 110 valence electrons. The third kappa shape index (κ3) is 3.79. The molecular formula is C14H20N2O3S. The summed E-state index contributed by atoms with van der Waals surface area (Å²) >= 11 is 2.00. The second-order valence-corrected chi connectivity index (χ2v) is 6.49. The Bertz CT molecular complexity index is 481. The maximum absolute atomic E-state index is 10.9. The molecule has 6 heteroatoms. The van der Waals surface area contributed by atoms with Gasteiger partial charge in [0, 0.05) is 29.1 Å². The van der Waals surface area contributed by atoms with Crippen molar-refractivity contribution in [3.63, 3.8) is 0 Å². The molecule has 0 spiro atoms. The fourth-order valence-electron chi connectivity index (χ4n) is 2.58. The quantitative estimate of drug-likeness (QED) is 0.640. The lowest BCUT2D eigenvalue weighted by Crippen LogP contribution is -2.16. The molecule has 1 aliphatic carbocycles. The Labute approximate surface area is 123 Å². The standard InChI is InChI=1S/C14H20N2O3S/c1-3-20-14-5-4-10(8-14)15-11-6-12(16(17)18)9-13(7-11)19-2/h6-7,9-10,14-15H,3-5,8H2,1-2H3. The minimum absolute atomic E-state index is 0.0596. The van der Waals surface area contributed by atoms with Crippen molar-refractivity contribution in [2.45, 2.75) is 37.5 Å². The van der Waals surface area contributed by atoms with E-state index in [9.17, 15) is 10.1 Å². The van der Waals surface area contributed by atoms with Crippen LogP contribution in [0.4, 0.5) is 11.4 Å². The zero-order valence-electron chi connectivity index (χ0n) is 11.8. The van der Waals surface area contributed by atoms with Crippen molar-refractivity contribution in [1.29, 1.82) is 0 Å². The van der Waals surface area contributed by atoms with Crippen LogP contribution in [-0.2, 0) is 0 Å². The number of methoxy groups -OCH3 is 1. The largest absolute Gasteiger partial charge is 0.496 e. The van der Waals surface area contributed by atoms with Crippen molar-refractivity contribution in [2.24, 2.45) is 0 Å². The number of thioether (sulfide) groups is 1. The fourth-order valence-corrected chi connectivity index (χ4v) is 3.73. The lowest BCUT2D eigenvalue weighted by molar-refractivity contribution is -0.384. The lowest BCUT2D eigenvalue weighted by Gasteiger charge is -2.15. The Balaban J connectivity index is 2.05. The second kappa shape index (κ2) is 6.83. The van der Waals surface area contributed by atoms with Crippen LogP contribution in [-0.4, -0.2) is 29.1 Å². The van der Waals surface area contributed by atoms with Crippen LogP contribution >= 0.6 is 11.8 Å². The first-order chi connectivity index (χ1) is 9.62. The summed E-state index contributed by atoms with van der Waals surface area (Å²) in [6.45, 7) is 2.18. The van der Waals surface area contributed by atoms with Crippen LogP contribution in [0.2, 0.25) is 0 Å². The van der Waals surface area contributed by atoms with Gasteiger partial charge in [-0.3, -0.25) is 10.1 Å². The molecule has 20 heavy (non-hydrogen) atoms. The van der Waals surface area contributed by atoms with Crippen LogP contribution in [0.3, 0.4) is 0 Å². The smallest absolute Gasteiger partial charge is 0.275 e. The SMILES string of the molecule is CCSC1CCC(Nc2cc(OC)cc([N+](=O)[O-])c2)C1. The number of hydrogen-bond acceptors (Lipinski definition) is 5. The molecule has 0 saturated heterocycles. The first-order valence-corrected chi connectivity index (χ1v) is 7.89. The van der Waals surface area contributed by atoms with Gasteiger partial charge in [0.15, 0.2) is 0 Å². The van der Waals surface area contributed by atoms with Crippen LogP contribution in [0.5, 0.6) is 5.75 Å². The zero-order valence-corrected chi connectivity index (χ0v) is 12.6. The van der Waals surface area contributed by atoms with Gasteiger partial charge in [-0.2, -0.15) is 11.8 Å². The molecule has 2 rings (SSSR count). The van der Waals surface area contributed by atoms with Crippen LogP contribution in [0.1, 0.15) is 26.2 Å². The van der Waals surface area contributed by atoms with Gasteiger partial charge >= 0.3 is 0 Å². The van der Waals surface area contributed by atoms with Gasteiger partial charge in [0.1, 0.15) is 5.75 Å². The third-order valence-corrected chi connectivity index (χ3v) is 4.73. The first kappa shape index (κ1) is 15.0. The van der Waals surface area contributed by atoms with Crippen LogP contribution in [0.15, 0.2) is 18.2 Å². The van der Waals surface area contributed by atoms with E-state index in [1.807, 2.05) is 17.8 Å². The van der Waals surface area contributed by atoms with Gasteiger partial charge in [0.25, 0.3) is 5.69 Å². The Kier molecular flexibility index (Phi) is 5.11. The lowest BCUT2D eigenvalue weighted by atomic mass is 10.2. The van der Waals surface area contributed by atoms with E-state index in [1.54, 1.807) is 6.07 Å². The Morgan fingerprint density at radius 2 is 2.25 bits per heavy atom. The van der Waals surface area contributed by atoms with Gasteiger partial charge in [-0.15, -0.1) is 0 Å². The van der Waals surface area contributed by atoms with Crippen molar-refractivity contribution in [2.75, 3.05) is 18.2 Å². The summed E-state index contributed by atoms with van der Waals surface area (Å²) in [5.41, 5.74) is 0.826. The molecule has 5 nitrogen and oxygen atoms in total. The monoisotopic (exact) mass is 296 g/mol. The fraction of sp³-hybridized carbons (Fsp3) is 0.571. The van der Waals surface area contributed by atoms with Gasteiger partial charge < -0.3 is 10.1 Å². The van der Waals surface area contributed by atoms with E-state index in [0.29, 0.717) is 17.0 Å². The summed E-state index contributed by atoms with van der Waals surface area (Å²) < 4.78 is 5.12. The van der Waals surface area contributed by atoms with Crippen molar-refractivity contribution in [1.82, 2.24) is 0 Å². The van der Waals surface area contributed by atoms with Crippen LogP contribution < -0.4 is 10.1 Å². The molecule has 2 unspecified atom stereocenters. The Hall–Kier alpha value is -1.43. The van der Waals surface area contributed by atoms with Crippen molar-refractivity contribution in [3.8, 4) is 5.75 Å². The number of benzene rings is 1. The number of nitro benzene ring substituents is 1. The molecule has 1 aliphatic rings. The summed E-state index contributed by atoms with van der Waals surface area (Å²) in [5.74, 6) is 1.65. The van der Waals surface area contributed by atoms with E-state index < -0.39 is 4.92 Å². The molecular weight excluding hydrogens is 276 g/mol. The molecule has 1 aromatic carbocycles. The minimum Gasteiger partial charge on any atom is -0.496 e. The Morgan fingerprint density at radius 3 is 2.90 bits per heavy atom.